The SMILES string of the molecule is O=C1CCCC2=C1[C@H](c1ccc(Br)cc1)n1nc(-c3ccco3)nc1N2. The lowest BCUT2D eigenvalue weighted by atomic mass is 9.85. The summed E-state index contributed by atoms with van der Waals surface area (Å²) >= 11 is 3.47. The van der Waals surface area contributed by atoms with Crippen LogP contribution in [0.2, 0.25) is 0 Å². The monoisotopic (exact) mass is 410 g/mol. The summed E-state index contributed by atoms with van der Waals surface area (Å²) in [4.78, 5) is 17.3. The highest BCUT2D eigenvalue weighted by molar-refractivity contribution is 9.10. The van der Waals surface area contributed by atoms with Gasteiger partial charge in [-0.2, -0.15) is 4.98 Å². The number of nitrogens with one attached hydrogen (secondary N) is 1. The van der Waals surface area contributed by atoms with Crippen molar-refractivity contribution < 1.29 is 9.21 Å². The Labute approximate surface area is 158 Å². The van der Waals surface area contributed by atoms with E-state index in [1.807, 2.05) is 36.4 Å². The summed E-state index contributed by atoms with van der Waals surface area (Å²) in [7, 11) is 0. The number of furan rings is 1. The fraction of sp³-hybridized carbons (Fsp3) is 0.211. The van der Waals surface area contributed by atoms with Gasteiger partial charge in [0.05, 0.1) is 6.26 Å². The maximum absolute atomic E-state index is 12.7. The molecule has 0 radical (unpaired) electrons. The van der Waals surface area contributed by atoms with Crippen LogP contribution in [0.5, 0.6) is 0 Å². The first-order valence-electron chi connectivity index (χ1n) is 8.50. The molecule has 6 nitrogen and oxygen atoms in total. The molecule has 130 valence electrons. The number of Topliss-reactive ketones (excluding diaryl/α,β-unsaturated/α-hetero) is 1. The minimum Gasteiger partial charge on any atom is -0.461 e. The molecule has 7 heteroatoms. The maximum atomic E-state index is 12.7. The molecule has 0 saturated carbocycles. The van der Waals surface area contributed by atoms with Crippen molar-refractivity contribution in [3.8, 4) is 11.6 Å². The van der Waals surface area contributed by atoms with E-state index in [0.717, 1.165) is 34.1 Å². The molecule has 3 heterocycles. The van der Waals surface area contributed by atoms with Crippen LogP contribution in [0.1, 0.15) is 30.9 Å². The summed E-state index contributed by atoms with van der Waals surface area (Å²) in [6.07, 6.45) is 3.87. The highest BCUT2D eigenvalue weighted by Gasteiger charge is 2.37. The second-order valence-corrected chi connectivity index (χ2v) is 7.34. The first kappa shape index (κ1) is 15.6. The summed E-state index contributed by atoms with van der Waals surface area (Å²) in [5.74, 6) is 1.92. The molecular formula is C19H15BrN4O2. The maximum Gasteiger partial charge on any atom is 0.227 e. The third-order valence-electron chi connectivity index (χ3n) is 4.80. The lowest BCUT2D eigenvalue weighted by molar-refractivity contribution is -0.116. The van der Waals surface area contributed by atoms with Crippen LogP contribution in [0.25, 0.3) is 11.6 Å². The van der Waals surface area contributed by atoms with E-state index in [-0.39, 0.29) is 11.8 Å². The number of aromatic nitrogens is 3. The van der Waals surface area contributed by atoms with Crippen molar-refractivity contribution in [2.45, 2.75) is 25.3 Å². The Morgan fingerprint density at radius 1 is 1.19 bits per heavy atom. The molecule has 5 rings (SSSR count). The number of benzene rings is 1. The summed E-state index contributed by atoms with van der Waals surface area (Å²) < 4.78 is 8.23. The lowest BCUT2D eigenvalue weighted by Gasteiger charge is -2.32. The Balaban J connectivity index is 1.69. The van der Waals surface area contributed by atoms with Crippen molar-refractivity contribution in [2.24, 2.45) is 0 Å². The van der Waals surface area contributed by atoms with E-state index in [1.165, 1.54) is 0 Å². The number of hydrogen-bond acceptors (Lipinski definition) is 5. The highest BCUT2D eigenvalue weighted by atomic mass is 79.9. The van der Waals surface area contributed by atoms with Crippen molar-refractivity contribution in [3.05, 3.63) is 64.0 Å². The fourth-order valence-electron chi connectivity index (χ4n) is 3.62. The van der Waals surface area contributed by atoms with Crippen LogP contribution < -0.4 is 5.32 Å². The van der Waals surface area contributed by atoms with Gasteiger partial charge in [0.15, 0.2) is 11.5 Å². The van der Waals surface area contributed by atoms with E-state index >= 15 is 0 Å². The van der Waals surface area contributed by atoms with Crippen LogP contribution in [-0.4, -0.2) is 20.5 Å². The highest BCUT2D eigenvalue weighted by Crippen LogP contribution is 2.40. The fourth-order valence-corrected chi connectivity index (χ4v) is 3.88. The van der Waals surface area contributed by atoms with Gasteiger partial charge >= 0.3 is 0 Å². The Morgan fingerprint density at radius 2 is 2.04 bits per heavy atom. The first-order chi connectivity index (χ1) is 12.7. The molecule has 0 spiro atoms. The number of hydrogen-bond donors (Lipinski definition) is 1. The number of anilines is 1. The summed E-state index contributed by atoms with van der Waals surface area (Å²) in [6, 6.07) is 11.4. The standard InChI is InChI=1S/C19H15BrN4O2/c20-12-8-6-11(7-9-12)17-16-13(3-1-4-14(16)25)21-19-22-18(23-24(17)19)15-5-2-10-26-15/h2,5-10,17H,1,3-4H2,(H,21,22,23)/t17-/m0/s1. The number of carbonyl (C=O) groups excluding carboxylic acids is 1. The Kier molecular flexibility index (Phi) is 3.56. The molecule has 3 aromatic rings. The molecule has 1 aliphatic carbocycles. The van der Waals surface area contributed by atoms with Gasteiger partial charge < -0.3 is 9.73 Å². The van der Waals surface area contributed by atoms with Gasteiger partial charge in [0, 0.05) is 22.2 Å². The van der Waals surface area contributed by atoms with E-state index in [9.17, 15) is 4.79 Å². The Bertz CT molecular complexity index is 1020. The zero-order valence-electron chi connectivity index (χ0n) is 13.8. The van der Waals surface area contributed by atoms with Crippen LogP contribution >= 0.6 is 15.9 Å². The summed E-state index contributed by atoms with van der Waals surface area (Å²) in [6.45, 7) is 0. The summed E-state index contributed by atoms with van der Waals surface area (Å²) in [5.41, 5.74) is 2.76. The summed E-state index contributed by atoms with van der Waals surface area (Å²) in [5, 5.41) is 7.97. The molecule has 0 bridgehead atoms. The number of rotatable bonds is 2. The smallest absolute Gasteiger partial charge is 0.227 e. The third kappa shape index (κ3) is 2.42. The van der Waals surface area contributed by atoms with Gasteiger partial charge in [-0.05, 0) is 42.7 Å². The molecule has 0 amide bonds. The van der Waals surface area contributed by atoms with Crippen LogP contribution in [0.4, 0.5) is 5.95 Å². The van der Waals surface area contributed by atoms with Crippen molar-refractivity contribution >= 4 is 27.7 Å². The quantitative estimate of drug-likeness (QED) is 0.680. The van der Waals surface area contributed by atoms with Crippen LogP contribution in [-0.2, 0) is 4.79 Å². The largest absolute Gasteiger partial charge is 0.461 e. The molecular weight excluding hydrogens is 396 g/mol. The molecule has 2 aromatic heterocycles. The average molecular weight is 411 g/mol. The predicted molar refractivity (Wildman–Crippen MR) is 99.5 cm³/mol. The van der Waals surface area contributed by atoms with E-state index in [0.29, 0.717) is 24.0 Å². The average Bonchev–Trinajstić information content (AvgIpc) is 3.30. The first-order valence-corrected chi connectivity index (χ1v) is 9.29. The lowest BCUT2D eigenvalue weighted by Crippen LogP contribution is -2.31. The Hall–Kier alpha value is -2.67. The topological polar surface area (TPSA) is 73.0 Å². The number of halogens is 1. The van der Waals surface area contributed by atoms with Gasteiger partial charge in [0.1, 0.15) is 6.04 Å². The van der Waals surface area contributed by atoms with Crippen LogP contribution in [0, 0.1) is 0 Å². The number of nitrogens with zero attached hydrogens (tertiary/aromatic N) is 3. The third-order valence-corrected chi connectivity index (χ3v) is 5.32. The van der Waals surface area contributed by atoms with Gasteiger partial charge in [-0.15, -0.1) is 5.10 Å². The second-order valence-electron chi connectivity index (χ2n) is 6.43. The van der Waals surface area contributed by atoms with Gasteiger partial charge in [-0.1, -0.05) is 28.1 Å². The van der Waals surface area contributed by atoms with Crippen LogP contribution in [0.15, 0.2) is 62.8 Å². The number of ketones is 1. The van der Waals surface area contributed by atoms with Crippen LogP contribution in [0.3, 0.4) is 0 Å². The number of allylic oxidation sites excluding steroid dienone is 2. The minimum atomic E-state index is -0.279. The zero-order valence-corrected chi connectivity index (χ0v) is 15.4. The van der Waals surface area contributed by atoms with Gasteiger partial charge in [-0.25, -0.2) is 4.68 Å². The van der Waals surface area contributed by atoms with Crippen molar-refractivity contribution in [1.29, 1.82) is 0 Å². The van der Waals surface area contributed by atoms with Crippen molar-refractivity contribution in [1.82, 2.24) is 14.8 Å². The normalized spacial score (nSPS) is 19.1. The Morgan fingerprint density at radius 3 is 2.81 bits per heavy atom. The molecule has 1 atom stereocenters. The van der Waals surface area contributed by atoms with Crippen molar-refractivity contribution in [2.75, 3.05) is 5.32 Å². The molecule has 1 aliphatic heterocycles. The van der Waals surface area contributed by atoms with E-state index in [1.54, 1.807) is 10.9 Å². The number of carbonyl (C=O) groups is 1. The molecule has 26 heavy (non-hydrogen) atoms. The van der Waals surface area contributed by atoms with Gasteiger partial charge in [0.2, 0.25) is 11.8 Å². The van der Waals surface area contributed by atoms with E-state index < -0.39 is 0 Å². The number of fused-ring (bicyclic) bond motifs is 1. The molecule has 2 aliphatic rings. The van der Waals surface area contributed by atoms with E-state index in [2.05, 4.69) is 31.3 Å². The van der Waals surface area contributed by atoms with E-state index in [4.69, 9.17) is 4.42 Å². The molecule has 0 fully saturated rings. The molecule has 0 saturated heterocycles. The second kappa shape index (κ2) is 5.95. The molecule has 0 unspecified atom stereocenters. The zero-order chi connectivity index (χ0) is 17.7. The minimum absolute atomic E-state index is 0.173. The van der Waals surface area contributed by atoms with Gasteiger partial charge in [0.25, 0.3) is 0 Å². The molecule has 1 N–H and O–H groups in total. The molecule has 1 aromatic carbocycles. The predicted octanol–water partition coefficient (Wildman–Crippen LogP) is 4.32. The van der Waals surface area contributed by atoms with Gasteiger partial charge in [-0.3, -0.25) is 4.79 Å². The van der Waals surface area contributed by atoms with Crippen molar-refractivity contribution in [3.63, 3.8) is 0 Å².